The zero-order valence-corrected chi connectivity index (χ0v) is 12.6. The van der Waals surface area contributed by atoms with E-state index < -0.39 is 0 Å². The van der Waals surface area contributed by atoms with E-state index in [1.807, 2.05) is 37.3 Å². The standard InChI is InChI=1S/C18H20N2O2/c1-11-2-4-12(5-3-11)16-8-9-17(22-16)18(21)20-15-10-13-6-7-14(15)19-13/h2-5,8-9,13-15,19H,6-7,10H2,1H3,(H,20,21)/t13?,14?,15-/m1/s1. The number of amides is 1. The average Bonchev–Trinajstić information content (AvgIpc) is 3.24. The lowest BCUT2D eigenvalue weighted by Gasteiger charge is -2.20. The quantitative estimate of drug-likeness (QED) is 0.915. The Morgan fingerprint density at radius 3 is 2.68 bits per heavy atom. The Morgan fingerprint density at radius 2 is 2.00 bits per heavy atom. The average molecular weight is 296 g/mol. The fraction of sp³-hybridized carbons (Fsp3) is 0.389. The molecule has 2 unspecified atom stereocenters. The van der Waals surface area contributed by atoms with Gasteiger partial charge in [-0.05, 0) is 38.3 Å². The maximum atomic E-state index is 12.3. The number of rotatable bonds is 3. The molecule has 2 aliphatic heterocycles. The van der Waals surface area contributed by atoms with E-state index in [2.05, 4.69) is 10.6 Å². The van der Waals surface area contributed by atoms with Crippen LogP contribution in [-0.2, 0) is 0 Å². The Labute approximate surface area is 129 Å². The number of carbonyl (C=O) groups excluding carboxylic acids is 1. The maximum absolute atomic E-state index is 12.3. The van der Waals surface area contributed by atoms with Crippen molar-refractivity contribution in [1.82, 2.24) is 10.6 Å². The lowest BCUT2D eigenvalue weighted by Crippen LogP contribution is -2.42. The first-order valence-corrected chi connectivity index (χ1v) is 7.93. The molecule has 2 saturated heterocycles. The molecule has 0 saturated carbocycles. The van der Waals surface area contributed by atoms with Crippen molar-refractivity contribution in [1.29, 1.82) is 0 Å². The molecule has 0 spiro atoms. The number of nitrogens with one attached hydrogen (secondary N) is 2. The lowest BCUT2D eigenvalue weighted by atomic mass is 9.95. The van der Waals surface area contributed by atoms with Crippen molar-refractivity contribution < 1.29 is 9.21 Å². The Morgan fingerprint density at radius 1 is 1.18 bits per heavy atom. The van der Waals surface area contributed by atoms with Crippen LogP contribution >= 0.6 is 0 Å². The summed E-state index contributed by atoms with van der Waals surface area (Å²) < 4.78 is 5.73. The monoisotopic (exact) mass is 296 g/mol. The summed E-state index contributed by atoms with van der Waals surface area (Å²) in [6.07, 6.45) is 3.42. The lowest BCUT2D eigenvalue weighted by molar-refractivity contribution is 0.0903. The minimum Gasteiger partial charge on any atom is -0.451 e. The molecule has 2 N–H and O–H groups in total. The summed E-state index contributed by atoms with van der Waals surface area (Å²) in [6.45, 7) is 2.05. The molecule has 4 rings (SSSR count). The zero-order chi connectivity index (χ0) is 15.1. The van der Waals surface area contributed by atoms with E-state index in [1.54, 1.807) is 6.07 Å². The van der Waals surface area contributed by atoms with Gasteiger partial charge in [-0.2, -0.15) is 0 Å². The summed E-state index contributed by atoms with van der Waals surface area (Å²) in [7, 11) is 0. The highest BCUT2D eigenvalue weighted by molar-refractivity contribution is 5.92. The van der Waals surface area contributed by atoms with Crippen LogP contribution in [0.1, 0.15) is 35.4 Å². The first-order valence-electron chi connectivity index (χ1n) is 7.93. The summed E-state index contributed by atoms with van der Waals surface area (Å²) >= 11 is 0. The van der Waals surface area contributed by atoms with Gasteiger partial charge in [0.2, 0.25) is 0 Å². The molecule has 0 aliphatic carbocycles. The number of benzene rings is 1. The van der Waals surface area contributed by atoms with Crippen molar-refractivity contribution in [3.05, 3.63) is 47.7 Å². The molecule has 22 heavy (non-hydrogen) atoms. The van der Waals surface area contributed by atoms with Gasteiger partial charge in [0, 0.05) is 23.7 Å². The summed E-state index contributed by atoms with van der Waals surface area (Å²) in [5.41, 5.74) is 2.20. The van der Waals surface area contributed by atoms with Gasteiger partial charge in [-0.15, -0.1) is 0 Å². The first-order chi connectivity index (χ1) is 10.7. The van der Waals surface area contributed by atoms with Gasteiger partial charge in [-0.3, -0.25) is 4.79 Å². The molecule has 3 atom stereocenters. The molecule has 0 radical (unpaired) electrons. The van der Waals surface area contributed by atoms with Crippen LogP contribution in [-0.4, -0.2) is 24.0 Å². The van der Waals surface area contributed by atoms with Crippen LogP contribution in [0.25, 0.3) is 11.3 Å². The highest BCUT2D eigenvalue weighted by atomic mass is 16.3. The number of hydrogen-bond acceptors (Lipinski definition) is 3. The van der Waals surface area contributed by atoms with Crippen LogP contribution in [0.2, 0.25) is 0 Å². The molecule has 1 aromatic heterocycles. The smallest absolute Gasteiger partial charge is 0.287 e. The Kier molecular flexibility index (Phi) is 3.26. The Balaban J connectivity index is 1.46. The molecule has 2 aromatic rings. The first kappa shape index (κ1) is 13.6. The molecule has 2 bridgehead atoms. The molecule has 3 heterocycles. The van der Waals surface area contributed by atoms with Gasteiger partial charge in [-0.1, -0.05) is 29.8 Å². The normalized spacial score (nSPS) is 26.3. The van der Waals surface area contributed by atoms with Gasteiger partial charge in [-0.25, -0.2) is 0 Å². The Hall–Kier alpha value is -2.07. The van der Waals surface area contributed by atoms with E-state index in [9.17, 15) is 4.79 Å². The largest absolute Gasteiger partial charge is 0.451 e. The number of furan rings is 1. The summed E-state index contributed by atoms with van der Waals surface area (Å²) in [6, 6.07) is 13.0. The molecule has 4 nitrogen and oxygen atoms in total. The summed E-state index contributed by atoms with van der Waals surface area (Å²) in [4.78, 5) is 12.3. The van der Waals surface area contributed by atoms with Gasteiger partial charge in [0.1, 0.15) is 5.76 Å². The third-order valence-electron chi connectivity index (χ3n) is 4.78. The van der Waals surface area contributed by atoms with Crippen molar-refractivity contribution in [3.63, 3.8) is 0 Å². The highest BCUT2D eigenvalue weighted by Crippen LogP contribution is 2.29. The van der Waals surface area contributed by atoms with Crippen LogP contribution in [0, 0.1) is 6.92 Å². The van der Waals surface area contributed by atoms with Gasteiger partial charge in [0.15, 0.2) is 5.76 Å². The number of carbonyl (C=O) groups is 1. The summed E-state index contributed by atoms with van der Waals surface area (Å²) in [5.74, 6) is 1.01. The Bertz CT molecular complexity index is 689. The fourth-order valence-electron chi connectivity index (χ4n) is 3.56. The van der Waals surface area contributed by atoms with E-state index in [1.165, 1.54) is 12.0 Å². The van der Waals surface area contributed by atoms with Crippen LogP contribution < -0.4 is 10.6 Å². The van der Waals surface area contributed by atoms with E-state index >= 15 is 0 Å². The molecular weight excluding hydrogens is 276 g/mol. The van der Waals surface area contributed by atoms with Crippen LogP contribution in [0.15, 0.2) is 40.8 Å². The van der Waals surface area contributed by atoms with Crippen molar-refractivity contribution in [2.75, 3.05) is 0 Å². The SMILES string of the molecule is Cc1ccc(-c2ccc(C(=O)N[C@@H]3CC4CCC3N4)o2)cc1. The zero-order valence-electron chi connectivity index (χ0n) is 12.6. The van der Waals surface area contributed by atoms with Gasteiger partial charge in [0.25, 0.3) is 5.91 Å². The van der Waals surface area contributed by atoms with Crippen molar-refractivity contribution >= 4 is 5.91 Å². The molecular formula is C18H20N2O2. The molecule has 4 heteroatoms. The van der Waals surface area contributed by atoms with E-state index in [4.69, 9.17) is 4.42 Å². The van der Waals surface area contributed by atoms with Gasteiger partial charge >= 0.3 is 0 Å². The predicted octanol–water partition coefficient (Wildman–Crippen LogP) is 2.88. The predicted molar refractivity (Wildman–Crippen MR) is 84.7 cm³/mol. The minimum absolute atomic E-state index is 0.113. The van der Waals surface area contributed by atoms with E-state index in [0.29, 0.717) is 17.8 Å². The number of aryl methyl sites for hydroxylation is 1. The molecule has 2 fully saturated rings. The molecule has 2 aliphatic rings. The van der Waals surface area contributed by atoms with Crippen LogP contribution in [0.5, 0.6) is 0 Å². The minimum atomic E-state index is -0.113. The number of fused-ring (bicyclic) bond motifs is 2. The van der Waals surface area contributed by atoms with Crippen molar-refractivity contribution in [2.45, 2.75) is 44.3 Å². The highest BCUT2D eigenvalue weighted by Gasteiger charge is 2.39. The fourth-order valence-corrected chi connectivity index (χ4v) is 3.56. The van der Waals surface area contributed by atoms with Crippen LogP contribution in [0.3, 0.4) is 0 Å². The molecule has 114 valence electrons. The topological polar surface area (TPSA) is 54.3 Å². The second-order valence-electron chi connectivity index (χ2n) is 6.39. The number of hydrogen-bond donors (Lipinski definition) is 2. The third-order valence-corrected chi connectivity index (χ3v) is 4.78. The van der Waals surface area contributed by atoms with Crippen molar-refractivity contribution in [3.8, 4) is 11.3 Å². The van der Waals surface area contributed by atoms with Crippen LogP contribution in [0.4, 0.5) is 0 Å². The van der Waals surface area contributed by atoms with E-state index in [0.717, 1.165) is 24.2 Å². The second-order valence-corrected chi connectivity index (χ2v) is 6.39. The third kappa shape index (κ3) is 2.44. The maximum Gasteiger partial charge on any atom is 0.287 e. The van der Waals surface area contributed by atoms with E-state index in [-0.39, 0.29) is 11.9 Å². The van der Waals surface area contributed by atoms with Crippen molar-refractivity contribution in [2.24, 2.45) is 0 Å². The molecule has 1 aromatic carbocycles. The summed E-state index contributed by atoms with van der Waals surface area (Å²) in [5, 5.41) is 6.63. The molecule has 1 amide bonds. The van der Waals surface area contributed by atoms with Gasteiger partial charge < -0.3 is 15.1 Å². The van der Waals surface area contributed by atoms with Gasteiger partial charge in [0.05, 0.1) is 0 Å². The second kappa shape index (κ2) is 5.29.